The van der Waals surface area contributed by atoms with Crippen LogP contribution in [-0.4, -0.2) is 56.1 Å². The van der Waals surface area contributed by atoms with Gasteiger partial charge in [0.1, 0.15) is 0 Å². The molecule has 6 heteroatoms. The Kier molecular flexibility index (Phi) is 7.34. The third-order valence-corrected chi connectivity index (χ3v) is 6.54. The smallest absolute Gasteiger partial charge is 0.214 e. The standard InChI is InChI=1S/C17H27ClN2O2S/c1-2-3-15-23(21,22)20-13-11-19(12-14-20)10-4-5-16-6-8-17(18)9-7-16/h6-9H,2-5,10-15H2,1H3. The monoisotopic (exact) mass is 358 g/mol. The normalized spacial score (nSPS) is 17.5. The summed E-state index contributed by atoms with van der Waals surface area (Å²) in [7, 11) is -3.04. The molecular weight excluding hydrogens is 332 g/mol. The number of aryl methyl sites for hydroxylation is 1. The van der Waals surface area contributed by atoms with E-state index in [0.717, 1.165) is 50.3 Å². The maximum Gasteiger partial charge on any atom is 0.214 e. The zero-order valence-electron chi connectivity index (χ0n) is 13.9. The quantitative estimate of drug-likeness (QED) is 0.717. The predicted octanol–water partition coefficient (Wildman–Crippen LogP) is 3.02. The van der Waals surface area contributed by atoms with Crippen molar-refractivity contribution in [2.45, 2.75) is 32.6 Å². The summed E-state index contributed by atoms with van der Waals surface area (Å²) >= 11 is 5.89. The minimum absolute atomic E-state index is 0.292. The largest absolute Gasteiger partial charge is 0.301 e. The van der Waals surface area contributed by atoms with Crippen LogP contribution in [0.1, 0.15) is 31.7 Å². The second-order valence-electron chi connectivity index (χ2n) is 6.14. The molecule has 0 spiro atoms. The van der Waals surface area contributed by atoms with Gasteiger partial charge in [-0.3, -0.25) is 0 Å². The Morgan fingerprint density at radius 2 is 1.70 bits per heavy atom. The summed E-state index contributed by atoms with van der Waals surface area (Å²) < 4.78 is 26.0. The lowest BCUT2D eigenvalue weighted by Crippen LogP contribution is -2.49. The summed E-state index contributed by atoms with van der Waals surface area (Å²) in [6, 6.07) is 7.99. The van der Waals surface area contributed by atoms with E-state index in [1.807, 2.05) is 19.1 Å². The topological polar surface area (TPSA) is 40.6 Å². The van der Waals surface area contributed by atoms with Crippen molar-refractivity contribution < 1.29 is 8.42 Å². The van der Waals surface area contributed by atoms with Crippen molar-refractivity contribution in [1.29, 1.82) is 0 Å². The van der Waals surface area contributed by atoms with Crippen LogP contribution in [0.5, 0.6) is 0 Å². The van der Waals surface area contributed by atoms with Gasteiger partial charge in [-0.05, 0) is 43.5 Å². The highest BCUT2D eigenvalue weighted by atomic mass is 35.5. The fourth-order valence-corrected chi connectivity index (χ4v) is 4.60. The molecule has 23 heavy (non-hydrogen) atoms. The lowest BCUT2D eigenvalue weighted by molar-refractivity contribution is 0.187. The summed E-state index contributed by atoms with van der Waals surface area (Å²) in [6.45, 7) is 5.98. The molecular formula is C17H27ClN2O2S. The summed E-state index contributed by atoms with van der Waals surface area (Å²) in [6.07, 6.45) is 3.80. The SMILES string of the molecule is CCCCS(=O)(=O)N1CCN(CCCc2ccc(Cl)cc2)CC1. The number of sulfonamides is 1. The number of nitrogens with zero attached hydrogens (tertiary/aromatic N) is 2. The number of hydrogen-bond donors (Lipinski definition) is 0. The molecule has 0 amide bonds. The Morgan fingerprint density at radius 1 is 1.04 bits per heavy atom. The Hall–Kier alpha value is -0.620. The first-order valence-electron chi connectivity index (χ1n) is 8.46. The highest BCUT2D eigenvalue weighted by Gasteiger charge is 2.25. The third kappa shape index (κ3) is 6.07. The van der Waals surface area contributed by atoms with Gasteiger partial charge in [0.15, 0.2) is 0 Å². The Balaban J connectivity index is 1.69. The van der Waals surface area contributed by atoms with Gasteiger partial charge in [0.05, 0.1) is 5.75 Å². The van der Waals surface area contributed by atoms with Gasteiger partial charge in [-0.15, -0.1) is 0 Å². The fourth-order valence-electron chi connectivity index (χ4n) is 2.84. The molecule has 1 aromatic carbocycles. The average Bonchev–Trinajstić information content (AvgIpc) is 2.55. The molecule has 130 valence electrons. The van der Waals surface area contributed by atoms with Gasteiger partial charge in [-0.25, -0.2) is 8.42 Å². The van der Waals surface area contributed by atoms with E-state index in [-0.39, 0.29) is 0 Å². The van der Waals surface area contributed by atoms with E-state index in [2.05, 4.69) is 17.0 Å². The number of benzene rings is 1. The maximum atomic E-state index is 12.2. The van der Waals surface area contributed by atoms with Crippen molar-refractivity contribution in [3.8, 4) is 0 Å². The summed E-state index contributed by atoms with van der Waals surface area (Å²) in [5, 5.41) is 0.772. The second-order valence-corrected chi connectivity index (χ2v) is 8.67. The molecule has 0 N–H and O–H groups in total. The Morgan fingerprint density at radius 3 is 2.30 bits per heavy atom. The van der Waals surface area contributed by atoms with Crippen LogP contribution in [0.2, 0.25) is 5.02 Å². The van der Waals surface area contributed by atoms with Crippen LogP contribution in [0.25, 0.3) is 0 Å². The van der Waals surface area contributed by atoms with Crippen LogP contribution >= 0.6 is 11.6 Å². The zero-order valence-corrected chi connectivity index (χ0v) is 15.5. The van der Waals surface area contributed by atoms with Crippen LogP contribution in [0.3, 0.4) is 0 Å². The molecule has 0 aromatic heterocycles. The van der Waals surface area contributed by atoms with Gasteiger partial charge in [0, 0.05) is 31.2 Å². The number of unbranched alkanes of at least 4 members (excludes halogenated alkanes) is 1. The van der Waals surface area contributed by atoms with E-state index in [4.69, 9.17) is 11.6 Å². The first-order valence-corrected chi connectivity index (χ1v) is 10.4. The van der Waals surface area contributed by atoms with E-state index >= 15 is 0 Å². The zero-order chi connectivity index (χ0) is 16.7. The molecule has 2 rings (SSSR count). The minimum atomic E-state index is -3.04. The van der Waals surface area contributed by atoms with Gasteiger partial charge in [-0.1, -0.05) is 37.1 Å². The maximum absolute atomic E-state index is 12.2. The van der Waals surface area contributed by atoms with Crippen molar-refractivity contribution in [1.82, 2.24) is 9.21 Å². The molecule has 0 bridgehead atoms. The van der Waals surface area contributed by atoms with Crippen molar-refractivity contribution in [3.05, 3.63) is 34.9 Å². The van der Waals surface area contributed by atoms with Crippen LogP contribution in [0.4, 0.5) is 0 Å². The minimum Gasteiger partial charge on any atom is -0.301 e. The van der Waals surface area contributed by atoms with E-state index in [1.165, 1.54) is 5.56 Å². The molecule has 1 heterocycles. The van der Waals surface area contributed by atoms with Crippen molar-refractivity contribution in [3.63, 3.8) is 0 Å². The third-order valence-electron chi connectivity index (χ3n) is 4.33. The second kappa shape index (κ2) is 9.02. The van der Waals surface area contributed by atoms with E-state index in [0.29, 0.717) is 18.8 Å². The van der Waals surface area contributed by atoms with E-state index < -0.39 is 10.0 Å². The molecule has 0 saturated carbocycles. The highest BCUT2D eigenvalue weighted by Crippen LogP contribution is 2.13. The molecule has 1 aromatic rings. The van der Waals surface area contributed by atoms with Crippen molar-refractivity contribution in [2.75, 3.05) is 38.5 Å². The molecule has 1 saturated heterocycles. The fraction of sp³-hybridized carbons (Fsp3) is 0.647. The number of piperazine rings is 1. The molecule has 0 atom stereocenters. The Bertz CT molecular complexity index is 567. The van der Waals surface area contributed by atoms with Gasteiger partial charge < -0.3 is 4.90 Å². The predicted molar refractivity (Wildman–Crippen MR) is 96.5 cm³/mol. The molecule has 1 fully saturated rings. The first-order chi connectivity index (χ1) is 11.0. The Labute approximate surface area is 145 Å². The van der Waals surface area contributed by atoms with Crippen LogP contribution in [0, 0.1) is 0 Å². The average molecular weight is 359 g/mol. The molecule has 1 aliphatic heterocycles. The number of rotatable bonds is 8. The van der Waals surface area contributed by atoms with E-state index in [1.54, 1.807) is 4.31 Å². The number of halogens is 1. The van der Waals surface area contributed by atoms with Crippen LogP contribution in [0.15, 0.2) is 24.3 Å². The number of hydrogen-bond acceptors (Lipinski definition) is 3. The van der Waals surface area contributed by atoms with Gasteiger partial charge in [-0.2, -0.15) is 4.31 Å². The molecule has 0 unspecified atom stereocenters. The first kappa shape index (κ1) is 18.7. The van der Waals surface area contributed by atoms with Crippen LogP contribution in [-0.2, 0) is 16.4 Å². The van der Waals surface area contributed by atoms with E-state index in [9.17, 15) is 8.42 Å². The molecule has 0 radical (unpaired) electrons. The summed E-state index contributed by atoms with van der Waals surface area (Å²) in [5.41, 5.74) is 1.30. The molecule has 4 nitrogen and oxygen atoms in total. The van der Waals surface area contributed by atoms with Crippen molar-refractivity contribution in [2.24, 2.45) is 0 Å². The van der Waals surface area contributed by atoms with Gasteiger partial charge >= 0.3 is 0 Å². The lowest BCUT2D eigenvalue weighted by atomic mass is 10.1. The van der Waals surface area contributed by atoms with Gasteiger partial charge in [0.2, 0.25) is 10.0 Å². The summed E-state index contributed by atoms with van der Waals surface area (Å²) in [5.74, 6) is 0.292. The van der Waals surface area contributed by atoms with Crippen LogP contribution < -0.4 is 0 Å². The van der Waals surface area contributed by atoms with Crippen molar-refractivity contribution >= 4 is 21.6 Å². The highest BCUT2D eigenvalue weighted by molar-refractivity contribution is 7.89. The lowest BCUT2D eigenvalue weighted by Gasteiger charge is -2.34. The molecule has 0 aliphatic carbocycles. The summed E-state index contributed by atoms with van der Waals surface area (Å²) in [4.78, 5) is 2.36. The van der Waals surface area contributed by atoms with Gasteiger partial charge in [0.25, 0.3) is 0 Å². The molecule has 1 aliphatic rings.